The third kappa shape index (κ3) is 2.92. The highest BCUT2D eigenvalue weighted by Gasteiger charge is 2.22. The first-order valence-corrected chi connectivity index (χ1v) is 9.00. The van der Waals surface area contributed by atoms with Crippen molar-refractivity contribution < 1.29 is 8.60 Å². The Bertz CT molecular complexity index is 941. The van der Waals surface area contributed by atoms with Gasteiger partial charge in [0.2, 0.25) is 0 Å². The Hall–Kier alpha value is -1.89. The highest BCUT2D eigenvalue weighted by molar-refractivity contribution is 7.85. The summed E-state index contributed by atoms with van der Waals surface area (Å²) >= 11 is 0. The quantitative estimate of drug-likeness (QED) is 0.783. The lowest BCUT2D eigenvalue weighted by molar-refractivity contribution is 0.628. The number of halogens is 1. The van der Waals surface area contributed by atoms with Gasteiger partial charge in [-0.1, -0.05) is 0 Å². The lowest BCUT2D eigenvalue weighted by atomic mass is 10.1. The molecule has 0 radical (unpaired) electrons. The molecule has 0 amide bonds. The summed E-state index contributed by atoms with van der Waals surface area (Å²) in [6.07, 6.45) is 1.59. The van der Waals surface area contributed by atoms with Crippen molar-refractivity contribution in [3.8, 4) is 0 Å². The molecule has 0 bridgehead atoms. The van der Waals surface area contributed by atoms with Gasteiger partial charge < -0.3 is 0 Å². The second-order valence-electron chi connectivity index (χ2n) is 6.98. The SMILES string of the molecule is C/C(=N\[S@](=O)C(C)(C)C)c1cc(F)cc2c(=O)n3c(nc12)CCC3. The Kier molecular flexibility index (Phi) is 4.15. The summed E-state index contributed by atoms with van der Waals surface area (Å²) in [4.78, 5) is 17.1. The van der Waals surface area contributed by atoms with E-state index in [1.54, 1.807) is 11.5 Å². The molecule has 1 aromatic heterocycles. The molecule has 0 spiro atoms. The third-order valence-electron chi connectivity index (χ3n) is 4.02. The van der Waals surface area contributed by atoms with E-state index in [2.05, 4.69) is 9.38 Å². The van der Waals surface area contributed by atoms with Crippen molar-refractivity contribution in [2.24, 2.45) is 4.40 Å². The molecule has 1 aliphatic rings. The largest absolute Gasteiger partial charge is 0.296 e. The minimum Gasteiger partial charge on any atom is -0.296 e. The number of aryl methyl sites for hydroxylation is 1. The van der Waals surface area contributed by atoms with Crippen molar-refractivity contribution in [1.29, 1.82) is 0 Å². The molecule has 1 atom stereocenters. The van der Waals surface area contributed by atoms with Crippen molar-refractivity contribution in [3.63, 3.8) is 0 Å². The van der Waals surface area contributed by atoms with Crippen LogP contribution in [0.15, 0.2) is 21.3 Å². The van der Waals surface area contributed by atoms with E-state index in [0.29, 0.717) is 29.2 Å². The minimum absolute atomic E-state index is 0.224. The Labute approximate surface area is 142 Å². The van der Waals surface area contributed by atoms with Gasteiger partial charge in [0, 0.05) is 18.5 Å². The molecule has 128 valence electrons. The van der Waals surface area contributed by atoms with Crippen LogP contribution in [0.4, 0.5) is 4.39 Å². The fraction of sp³-hybridized carbons (Fsp3) is 0.471. The van der Waals surface area contributed by atoms with Gasteiger partial charge in [-0.25, -0.2) is 13.6 Å². The number of rotatable bonds is 2. The molecule has 0 fully saturated rings. The van der Waals surface area contributed by atoms with E-state index < -0.39 is 21.5 Å². The summed E-state index contributed by atoms with van der Waals surface area (Å²) in [5.74, 6) is 0.191. The van der Waals surface area contributed by atoms with Gasteiger partial charge in [-0.15, -0.1) is 0 Å². The first-order chi connectivity index (χ1) is 11.2. The van der Waals surface area contributed by atoms with E-state index in [9.17, 15) is 13.4 Å². The Morgan fingerprint density at radius 3 is 2.75 bits per heavy atom. The first kappa shape index (κ1) is 17.0. The highest BCUT2D eigenvalue weighted by atomic mass is 32.2. The van der Waals surface area contributed by atoms with Gasteiger partial charge in [0.05, 0.1) is 21.4 Å². The fourth-order valence-corrected chi connectivity index (χ4v) is 3.36. The highest BCUT2D eigenvalue weighted by Crippen LogP contribution is 2.22. The minimum atomic E-state index is -1.47. The predicted molar refractivity (Wildman–Crippen MR) is 94.4 cm³/mol. The first-order valence-electron chi connectivity index (χ1n) is 7.89. The normalized spacial score (nSPS) is 16.5. The summed E-state index contributed by atoms with van der Waals surface area (Å²) in [6, 6.07) is 2.52. The molecule has 0 saturated carbocycles. The molecule has 5 nitrogen and oxygen atoms in total. The Balaban J connectivity index is 2.25. The topological polar surface area (TPSA) is 64.3 Å². The lowest BCUT2D eigenvalue weighted by Crippen LogP contribution is -2.23. The number of nitrogens with zero attached hydrogens (tertiary/aromatic N) is 3. The average Bonchev–Trinajstić information content (AvgIpc) is 2.95. The zero-order valence-electron chi connectivity index (χ0n) is 14.2. The maximum atomic E-state index is 14.1. The molecule has 24 heavy (non-hydrogen) atoms. The fourth-order valence-electron chi connectivity index (χ4n) is 2.74. The van der Waals surface area contributed by atoms with Crippen LogP contribution in [-0.2, 0) is 24.0 Å². The van der Waals surface area contributed by atoms with Crippen molar-refractivity contribution in [3.05, 3.63) is 39.7 Å². The average molecular weight is 349 g/mol. The van der Waals surface area contributed by atoms with Crippen LogP contribution in [0.3, 0.4) is 0 Å². The summed E-state index contributed by atoms with van der Waals surface area (Å²) in [6.45, 7) is 7.75. The van der Waals surface area contributed by atoms with Crippen LogP contribution in [0.25, 0.3) is 10.9 Å². The van der Waals surface area contributed by atoms with E-state index in [-0.39, 0.29) is 10.9 Å². The zero-order chi connectivity index (χ0) is 17.6. The number of fused-ring (bicyclic) bond motifs is 2. The number of hydrogen-bond donors (Lipinski definition) is 0. The number of aromatic nitrogens is 2. The van der Waals surface area contributed by atoms with E-state index in [0.717, 1.165) is 12.8 Å². The Morgan fingerprint density at radius 1 is 1.38 bits per heavy atom. The molecular weight excluding hydrogens is 329 g/mol. The number of hydrogen-bond acceptors (Lipinski definition) is 3. The third-order valence-corrected chi connectivity index (χ3v) is 5.51. The smallest absolute Gasteiger partial charge is 0.261 e. The van der Waals surface area contributed by atoms with Gasteiger partial charge in [0.15, 0.2) is 0 Å². The van der Waals surface area contributed by atoms with Crippen molar-refractivity contribution in [2.75, 3.05) is 0 Å². The predicted octanol–water partition coefficient (Wildman–Crippen LogP) is 2.75. The van der Waals surface area contributed by atoms with Crippen molar-refractivity contribution >= 4 is 27.6 Å². The van der Waals surface area contributed by atoms with E-state index in [1.807, 2.05) is 20.8 Å². The van der Waals surface area contributed by atoms with Gasteiger partial charge in [-0.3, -0.25) is 9.36 Å². The maximum absolute atomic E-state index is 14.1. The van der Waals surface area contributed by atoms with Gasteiger partial charge in [-0.2, -0.15) is 4.40 Å². The van der Waals surface area contributed by atoms with Gasteiger partial charge in [0.1, 0.15) is 22.6 Å². The van der Waals surface area contributed by atoms with Crippen LogP contribution >= 0.6 is 0 Å². The van der Waals surface area contributed by atoms with Crippen LogP contribution in [0, 0.1) is 5.82 Å². The number of benzene rings is 1. The van der Waals surface area contributed by atoms with Gasteiger partial charge in [0.25, 0.3) is 5.56 Å². The summed E-state index contributed by atoms with van der Waals surface area (Å²) in [5, 5.41) is 0.242. The molecule has 2 aromatic rings. The van der Waals surface area contributed by atoms with Gasteiger partial charge >= 0.3 is 0 Å². The molecule has 1 aromatic carbocycles. The van der Waals surface area contributed by atoms with Crippen LogP contribution in [-0.4, -0.2) is 24.2 Å². The summed E-state index contributed by atoms with van der Waals surface area (Å²) in [5.41, 5.74) is 1.05. The van der Waals surface area contributed by atoms with Crippen LogP contribution in [0.1, 0.15) is 45.5 Å². The Morgan fingerprint density at radius 2 is 2.08 bits per heavy atom. The monoisotopic (exact) mass is 349 g/mol. The zero-order valence-corrected chi connectivity index (χ0v) is 15.0. The van der Waals surface area contributed by atoms with Crippen LogP contribution < -0.4 is 5.56 Å². The summed E-state index contributed by atoms with van der Waals surface area (Å²) < 4.78 is 31.6. The standard InChI is InChI=1S/C17H20FN3O2S/c1-10(20-24(23)17(2,3)4)12-8-11(18)9-13-15(12)19-14-6-5-7-21(14)16(13)22/h8-9H,5-7H2,1-4H3/b20-10+/t24-/m1/s1. The molecule has 1 aliphatic heterocycles. The summed E-state index contributed by atoms with van der Waals surface area (Å²) in [7, 11) is -1.47. The molecular formula is C17H20FN3O2S. The van der Waals surface area contributed by atoms with Gasteiger partial charge in [-0.05, 0) is 46.2 Å². The molecule has 7 heteroatoms. The second kappa shape index (κ2) is 5.88. The van der Waals surface area contributed by atoms with E-state index >= 15 is 0 Å². The maximum Gasteiger partial charge on any atom is 0.261 e. The molecule has 2 heterocycles. The molecule has 0 unspecified atom stereocenters. The van der Waals surface area contributed by atoms with E-state index in [4.69, 9.17) is 0 Å². The van der Waals surface area contributed by atoms with Crippen molar-refractivity contribution in [2.45, 2.75) is 51.8 Å². The van der Waals surface area contributed by atoms with Crippen LogP contribution in [0.5, 0.6) is 0 Å². The molecule has 0 N–H and O–H groups in total. The van der Waals surface area contributed by atoms with Crippen LogP contribution in [0.2, 0.25) is 0 Å². The second-order valence-corrected chi connectivity index (χ2v) is 8.88. The van der Waals surface area contributed by atoms with Crippen molar-refractivity contribution in [1.82, 2.24) is 9.55 Å². The molecule has 0 saturated heterocycles. The van der Waals surface area contributed by atoms with E-state index in [1.165, 1.54) is 12.1 Å². The molecule has 3 rings (SSSR count). The molecule has 0 aliphatic carbocycles. The lowest BCUT2D eigenvalue weighted by Gasteiger charge is -2.15.